The zero-order chi connectivity index (χ0) is 24.5. The second kappa shape index (κ2) is 12.6. The van der Waals surface area contributed by atoms with Gasteiger partial charge in [-0.2, -0.15) is 0 Å². The van der Waals surface area contributed by atoms with Gasteiger partial charge in [0.15, 0.2) is 11.0 Å². The van der Waals surface area contributed by atoms with Crippen LogP contribution in [0.3, 0.4) is 0 Å². The Bertz CT molecular complexity index is 1080. The number of amides is 1. The number of aromatic nitrogens is 4. The van der Waals surface area contributed by atoms with Gasteiger partial charge in [-0.1, -0.05) is 18.2 Å². The third-order valence-corrected chi connectivity index (χ3v) is 6.66. The number of carbonyl (C=O) groups excluding carboxylic acids is 1. The summed E-state index contributed by atoms with van der Waals surface area (Å²) in [6.45, 7) is 3.81. The van der Waals surface area contributed by atoms with Gasteiger partial charge in [0.2, 0.25) is 5.91 Å². The van der Waals surface area contributed by atoms with Crippen LogP contribution in [-0.4, -0.2) is 67.3 Å². The van der Waals surface area contributed by atoms with E-state index >= 15 is 0 Å². The molecule has 0 saturated carbocycles. The van der Waals surface area contributed by atoms with Gasteiger partial charge in [-0.25, -0.2) is 0 Å². The van der Waals surface area contributed by atoms with Crippen molar-refractivity contribution in [2.45, 2.75) is 50.4 Å². The Morgan fingerprint density at radius 2 is 1.89 bits per heavy atom. The van der Waals surface area contributed by atoms with Crippen molar-refractivity contribution in [1.29, 1.82) is 0 Å². The summed E-state index contributed by atoms with van der Waals surface area (Å²) in [6, 6.07) is 11.1. The van der Waals surface area contributed by atoms with Crippen LogP contribution in [0.2, 0.25) is 0 Å². The van der Waals surface area contributed by atoms with E-state index in [9.17, 15) is 9.90 Å². The molecule has 1 N–H and O–H groups in total. The Balaban J connectivity index is 1.40. The van der Waals surface area contributed by atoms with Gasteiger partial charge in [-0.05, 0) is 56.2 Å². The highest BCUT2D eigenvalue weighted by atomic mass is 32.2. The molecule has 1 aliphatic rings. The van der Waals surface area contributed by atoms with Crippen molar-refractivity contribution in [1.82, 2.24) is 24.6 Å². The van der Waals surface area contributed by atoms with Crippen molar-refractivity contribution in [3.8, 4) is 17.2 Å². The summed E-state index contributed by atoms with van der Waals surface area (Å²) in [5.41, 5.74) is 0.817. The summed E-state index contributed by atoms with van der Waals surface area (Å²) >= 11 is 1.39. The fourth-order valence-corrected chi connectivity index (χ4v) is 4.70. The molecule has 4 rings (SSSR count). The number of benzene rings is 1. The smallest absolute Gasteiger partial charge is 0.222 e. The predicted octanol–water partition coefficient (Wildman–Crippen LogP) is 3.50. The number of pyridine rings is 1. The van der Waals surface area contributed by atoms with Gasteiger partial charge in [0, 0.05) is 24.9 Å². The lowest BCUT2D eigenvalue weighted by Crippen LogP contribution is -2.31. The molecule has 1 unspecified atom stereocenters. The summed E-state index contributed by atoms with van der Waals surface area (Å²) in [5.74, 6) is 2.65. The van der Waals surface area contributed by atoms with Crippen molar-refractivity contribution >= 4 is 17.7 Å². The summed E-state index contributed by atoms with van der Waals surface area (Å²) in [7, 11) is 0. The maximum atomic E-state index is 12.5. The van der Waals surface area contributed by atoms with Gasteiger partial charge in [-0.3, -0.25) is 14.3 Å². The SMILES string of the molecule is CCOc1ccc(OCC(O)CSc2nnc(CN3CCCCCC3=O)n2-c2cccnc2)cc1. The molecule has 2 aromatic heterocycles. The van der Waals surface area contributed by atoms with Crippen molar-refractivity contribution in [3.63, 3.8) is 0 Å². The van der Waals surface area contributed by atoms with Crippen LogP contribution in [0.1, 0.15) is 38.4 Å². The molecule has 1 aromatic carbocycles. The number of nitrogens with zero attached hydrogens (tertiary/aromatic N) is 5. The highest BCUT2D eigenvalue weighted by Gasteiger charge is 2.22. The molecule has 0 radical (unpaired) electrons. The minimum absolute atomic E-state index is 0.150. The lowest BCUT2D eigenvalue weighted by molar-refractivity contribution is -0.131. The third kappa shape index (κ3) is 6.95. The Hall–Kier alpha value is -3.11. The van der Waals surface area contributed by atoms with E-state index in [0.29, 0.717) is 42.1 Å². The maximum Gasteiger partial charge on any atom is 0.222 e. The quantitative estimate of drug-likeness (QED) is 0.402. The Labute approximate surface area is 209 Å². The molecule has 1 saturated heterocycles. The summed E-state index contributed by atoms with van der Waals surface area (Å²) in [5, 5.41) is 19.9. The van der Waals surface area contributed by atoms with Crippen LogP contribution in [0.4, 0.5) is 0 Å². The number of carbonyl (C=O) groups is 1. The summed E-state index contributed by atoms with van der Waals surface area (Å²) < 4.78 is 13.1. The molecule has 1 aliphatic heterocycles. The van der Waals surface area contributed by atoms with E-state index in [1.807, 2.05) is 52.8 Å². The molecule has 9 nitrogen and oxygen atoms in total. The Kier molecular flexibility index (Phi) is 8.96. The number of hydrogen-bond acceptors (Lipinski definition) is 8. The fourth-order valence-electron chi connectivity index (χ4n) is 3.83. The summed E-state index contributed by atoms with van der Waals surface area (Å²) in [6.07, 6.45) is 6.31. The van der Waals surface area contributed by atoms with Crippen molar-refractivity contribution in [3.05, 3.63) is 54.6 Å². The van der Waals surface area contributed by atoms with Crippen molar-refractivity contribution < 1.29 is 19.4 Å². The van der Waals surface area contributed by atoms with Gasteiger partial charge < -0.3 is 19.5 Å². The topological polar surface area (TPSA) is 103 Å². The molecule has 0 spiro atoms. The number of aliphatic hydroxyl groups is 1. The van der Waals surface area contributed by atoms with Crippen LogP contribution in [0.25, 0.3) is 5.69 Å². The van der Waals surface area contributed by atoms with Crippen molar-refractivity contribution in [2.75, 3.05) is 25.5 Å². The summed E-state index contributed by atoms with van der Waals surface area (Å²) in [4.78, 5) is 18.6. The van der Waals surface area contributed by atoms with E-state index in [-0.39, 0.29) is 12.5 Å². The first-order chi connectivity index (χ1) is 17.1. The van der Waals surface area contributed by atoms with Gasteiger partial charge >= 0.3 is 0 Å². The highest BCUT2D eigenvalue weighted by Crippen LogP contribution is 2.24. The van der Waals surface area contributed by atoms with Crippen LogP contribution in [-0.2, 0) is 11.3 Å². The third-order valence-electron chi connectivity index (χ3n) is 5.59. The average molecular weight is 498 g/mol. The van der Waals surface area contributed by atoms with E-state index < -0.39 is 6.10 Å². The monoisotopic (exact) mass is 497 g/mol. The largest absolute Gasteiger partial charge is 0.494 e. The second-order valence-electron chi connectivity index (χ2n) is 8.25. The van der Waals surface area contributed by atoms with Crippen LogP contribution < -0.4 is 9.47 Å². The molecule has 1 amide bonds. The van der Waals surface area contributed by atoms with Crippen LogP contribution in [0.15, 0.2) is 53.9 Å². The van der Waals surface area contributed by atoms with Gasteiger partial charge in [0.1, 0.15) is 18.1 Å². The van der Waals surface area contributed by atoms with Crippen LogP contribution in [0, 0.1) is 0 Å². The number of hydrogen-bond donors (Lipinski definition) is 1. The average Bonchev–Trinajstić information content (AvgIpc) is 3.17. The van der Waals surface area contributed by atoms with Crippen LogP contribution >= 0.6 is 11.8 Å². The zero-order valence-electron chi connectivity index (χ0n) is 19.9. The molecule has 0 aliphatic carbocycles. The first kappa shape index (κ1) is 25.0. The first-order valence-corrected chi connectivity index (χ1v) is 12.9. The van der Waals surface area contributed by atoms with Gasteiger partial charge in [0.05, 0.1) is 31.1 Å². The number of likely N-dealkylation sites (tertiary alicyclic amines) is 1. The molecule has 3 heterocycles. The molecular weight excluding hydrogens is 466 g/mol. The molecule has 186 valence electrons. The lowest BCUT2D eigenvalue weighted by atomic mass is 10.2. The molecular formula is C25H31N5O4S. The number of ether oxygens (including phenoxy) is 2. The van der Waals surface area contributed by atoms with Crippen LogP contribution in [0.5, 0.6) is 11.5 Å². The van der Waals surface area contributed by atoms with Crippen molar-refractivity contribution in [2.24, 2.45) is 0 Å². The lowest BCUT2D eigenvalue weighted by Gasteiger charge is -2.20. The molecule has 35 heavy (non-hydrogen) atoms. The van der Waals surface area contributed by atoms with Gasteiger partial charge in [0.25, 0.3) is 0 Å². The van der Waals surface area contributed by atoms with E-state index in [4.69, 9.17) is 9.47 Å². The van der Waals surface area contributed by atoms with E-state index in [1.165, 1.54) is 11.8 Å². The fraction of sp³-hybridized carbons (Fsp3) is 0.440. The van der Waals surface area contributed by atoms with E-state index in [0.717, 1.165) is 37.2 Å². The highest BCUT2D eigenvalue weighted by molar-refractivity contribution is 7.99. The van der Waals surface area contributed by atoms with E-state index in [2.05, 4.69) is 15.2 Å². The molecule has 0 bridgehead atoms. The molecule has 10 heteroatoms. The Morgan fingerprint density at radius 3 is 2.63 bits per heavy atom. The number of rotatable bonds is 11. The maximum absolute atomic E-state index is 12.5. The van der Waals surface area contributed by atoms with E-state index in [1.54, 1.807) is 12.4 Å². The molecule has 1 fully saturated rings. The minimum atomic E-state index is -0.707. The predicted molar refractivity (Wildman–Crippen MR) is 133 cm³/mol. The first-order valence-electron chi connectivity index (χ1n) is 11.9. The Morgan fingerprint density at radius 1 is 1.09 bits per heavy atom. The van der Waals surface area contributed by atoms with Gasteiger partial charge in [-0.15, -0.1) is 10.2 Å². The number of thioether (sulfide) groups is 1. The minimum Gasteiger partial charge on any atom is -0.494 e. The molecule has 1 atom stereocenters. The molecule has 3 aromatic rings. The standard InChI is InChI=1S/C25H31N5O4S/c1-2-33-21-9-11-22(12-10-21)34-17-20(31)18-35-25-28-27-23(30(25)19-7-6-13-26-15-19)16-29-14-5-3-4-8-24(29)32/h6-7,9-13,15,20,31H,2-5,8,14,16-18H2,1H3. The number of aliphatic hydroxyl groups excluding tert-OH is 1. The zero-order valence-corrected chi connectivity index (χ0v) is 20.7. The second-order valence-corrected chi connectivity index (χ2v) is 9.24. The normalized spacial score (nSPS) is 15.0.